The number of carboxylic acid groups (broad SMARTS) is 1. The quantitative estimate of drug-likeness (QED) is 0.528. The zero-order valence-electron chi connectivity index (χ0n) is 19.9. The second-order valence-corrected chi connectivity index (χ2v) is 9.67. The Labute approximate surface area is 208 Å². The Balaban J connectivity index is 1.38. The Bertz CT molecular complexity index is 1170. The van der Waals surface area contributed by atoms with Gasteiger partial charge in [0.15, 0.2) is 5.13 Å². The number of anilines is 2. The number of thiazole rings is 1. The fourth-order valence-electron chi connectivity index (χ4n) is 4.97. The molecule has 9 nitrogen and oxygen atoms in total. The van der Waals surface area contributed by atoms with Gasteiger partial charge in [-0.25, -0.2) is 4.98 Å². The van der Waals surface area contributed by atoms with Crippen LogP contribution in [-0.4, -0.2) is 85.5 Å². The largest absolute Gasteiger partial charge is 0.494 e. The summed E-state index contributed by atoms with van der Waals surface area (Å²) in [6.07, 6.45) is 2.75. The molecular weight excluding hydrogens is 466 g/mol. The fraction of sp³-hybridized carbons (Fsp3) is 0.480. The summed E-state index contributed by atoms with van der Waals surface area (Å²) < 4.78 is 11.2. The van der Waals surface area contributed by atoms with Gasteiger partial charge in [0.2, 0.25) is 0 Å². The summed E-state index contributed by atoms with van der Waals surface area (Å²) in [5.74, 6) is -0.00154. The molecule has 3 aromatic rings. The van der Waals surface area contributed by atoms with Crippen molar-refractivity contribution in [3.63, 3.8) is 0 Å². The van der Waals surface area contributed by atoms with Crippen LogP contribution in [0.25, 0.3) is 10.9 Å². The van der Waals surface area contributed by atoms with Crippen molar-refractivity contribution in [2.45, 2.75) is 18.9 Å². The number of morpholine rings is 1. The minimum Gasteiger partial charge on any atom is -0.494 e. The second kappa shape index (κ2) is 10.8. The van der Waals surface area contributed by atoms with Gasteiger partial charge in [-0.3, -0.25) is 14.7 Å². The van der Waals surface area contributed by atoms with Gasteiger partial charge in [-0.05, 0) is 24.6 Å². The van der Waals surface area contributed by atoms with E-state index in [0.29, 0.717) is 13.2 Å². The third-order valence-corrected chi connectivity index (χ3v) is 7.64. The predicted octanol–water partition coefficient (Wildman–Crippen LogP) is 3.26. The number of aromatic nitrogens is 2. The Kier molecular flexibility index (Phi) is 7.31. The molecule has 0 radical (unpaired) electrons. The number of benzene rings is 1. The molecule has 2 fully saturated rings. The standard InChI is InChI=1S/C25H31N5O4S/c1-33-21-6-5-18-4-2-7-26-23(18)24(21)29-9-3-8-28(10-11-29)20(16-22(31)32)19-17-35-25(27-19)30-12-14-34-15-13-30/h2,4-7,17,20H,3,8-16H2,1H3,(H,31,32). The first-order valence-electron chi connectivity index (χ1n) is 12.0. The van der Waals surface area contributed by atoms with E-state index in [4.69, 9.17) is 14.5 Å². The van der Waals surface area contributed by atoms with Gasteiger partial charge in [0.1, 0.15) is 11.4 Å². The molecule has 2 aliphatic rings. The lowest BCUT2D eigenvalue weighted by atomic mass is 10.1. The fourth-order valence-corrected chi connectivity index (χ4v) is 5.90. The van der Waals surface area contributed by atoms with E-state index >= 15 is 0 Å². The Morgan fingerprint density at radius 1 is 1.14 bits per heavy atom. The zero-order valence-corrected chi connectivity index (χ0v) is 20.7. The van der Waals surface area contributed by atoms with Gasteiger partial charge in [-0.2, -0.15) is 0 Å². The maximum absolute atomic E-state index is 11.8. The van der Waals surface area contributed by atoms with Crippen molar-refractivity contribution in [3.8, 4) is 5.75 Å². The molecule has 0 amide bonds. The molecule has 1 N–H and O–H groups in total. The maximum atomic E-state index is 11.8. The average molecular weight is 498 g/mol. The number of hydrogen-bond acceptors (Lipinski definition) is 9. The monoisotopic (exact) mass is 497 g/mol. The van der Waals surface area contributed by atoms with Gasteiger partial charge >= 0.3 is 5.97 Å². The van der Waals surface area contributed by atoms with Gasteiger partial charge in [0, 0.05) is 56.2 Å². The number of aliphatic carboxylic acids is 1. The number of pyridine rings is 1. The zero-order chi connectivity index (χ0) is 24.2. The highest BCUT2D eigenvalue weighted by Gasteiger charge is 2.29. The van der Waals surface area contributed by atoms with E-state index in [9.17, 15) is 9.90 Å². The van der Waals surface area contributed by atoms with Gasteiger partial charge < -0.3 is 24.4 Å². The number of methoxy groups -OCH3 is 1. The molecule has 5 rings (SSSR count). The number of rotatable bonds is 7. The average Bonchev–Trinajstić information content (AvgIpc) is 3.26. The van der Waals surface area contributed by atoms with Crippen LogP contribution in [0, 0.1) is 0 Å². The number of carboxylic acids is 1. The molecule has 0 saturated carbocycles. The van der Waals surface area contributed by atoms with Crippen LogP contribution in [0.3, 0.4) is 0 Å². The molecule has 186 valence electrons. The van der Waals surface area contributed by atoms with E-state index in [2.05, 4.69) is 25.8 Å². The van der Waals surface area contributed by atoms with E-state index in [1.165, 1.54) is 0 Å². The van der Waals surface area contributed by atoms with Crippen molar-refractivity contribution in [2.75, 3.05) is 69.4 Å². The Morgan fingerprint density at radius 2 is 2.00 bits per heavy atom. The molecule has 0 aliphatic carbocycles. The summed E-state index contributed by atoms with van der Waals surface area (Å²) in [7, 11) is 1.69. The van der Waals surface area contributed by atoms with E-state index in [1.807, 2.05) is 29.8 Å². The first-order valence-corrected chi connectivity index (χ1v) is 12.9. The highest BCUT2D eigenvalue weighted by molar-refractivity contribution is 7.13. The summed E-state index contributed by atoms with van der Waals surface area (Å²) in [5.41, 5.74) is 2.78. The summed E-state index contributed by atoms with van der Waals surface area (Å²) in [6, 6.07) is 7.78. The van der Waals surface area contributed by atoms with Crippen LogP contribution in [-0.2, 0) is 9.53 Å². The first-order chi connectivity index (χ1) is 17.1. The third-order valence-electron chi connectivity index (χ3n) is 6.72. The van der Waals surface area contributed by atoms with Crippen molar-refractivity contribution in [1.82, 2.24) is 14.9 Å². The molecule has 0 bridgehead atoms. The van der Waals surface area contributed by atoms with Crippen LogP contribution in [0.4, 0.5) is 10.8 Å². The number of fused-ring (bicyclic) bond motifs is 1. The van der Waals surface area contributed by atoms with E-state index in [1.54, 1.807) is 18.4 Å². The van der Waals surface area contributed by atoms with Crippen molar-refractivity contribution in [2.24, 2.45) is 0 Å². The molecule has 4 heterocycles. The van der Waals surface area contributed by atoms with Crippen molar-refractivity contribution in [1.29, 1.82) is 0 Å². The van der Waals surface area contributed by atoms with Gasteiger partial charge in [0.05, 0.1) is 44.0 Å². The van der Waals surface area contributed by atoms with Crippen LogP contribution >= 0.6 is 11.3 Å². The molecule has 1 aromatic carbocycles. The highest BCUT2D eigenvalue weighted by atomic mass is 32.1. The SMILES string of the molecule is COc1ccc2cccnc2c1N1CCCN(C(CC(=O)O)c2csc(N3CCOCC3)n2)CC1. The lowest BCUT2D eigenvalue weighted by Crippen LogP contribution is -2.36. The predicted molar refractivity (Wildman–Crippen MR) is 137 cm³/mol. The molecule has 0 spiro atoms. The van der Waals surface area contributed by atoms with Crippen molar-refractivity contribution >= 4 is 39.0 Å². The number of hydrogen-bond donors (Lipinski definition) is 1. The summed E-state index contributed by atoms with van der Waals surface area (Å²) in [6.45, 7) is 6.16. The van der Waals surface area contributed by atoms with Crippen molar-refractivity contribution in [3.05, 3.63) is 41.5 Å². The number of ether oxygens (including phenoxy) is 2. The normalized spacial score (nSPS) is 18.4. The minimum absolute atomic E-state index is 0.0332. The second-order valence-electron chi connectivity index (χ2n) is 8.84. The van der Waals surface area contributed by atoms with E-state index < -0.39 is 5.97 Å². The molecule has 2 aliphatic heterocycles. The molecule has 2 aromatic heterocycles. The summed E-state index contributed by atoms with van der Waals surface area (Å²) >= 11 is 1.59. The van der Waals surface area contributed by atoms with Crippen molar-refractivity contribution < 1.29 is 19.4 Å². The van der Waals surface area contributed by atoms with Crippen LogP contribution in [0.5, 0.6) is 5.75 Å². The van der Waals surface area contributed by atoms with Gasteiger partial charge in [0.25, 0.3) is 0 Å². The molecule has 10 heteroatoms. The number of nitrogens with zero attached hydrogens (tertiary/aromatic N) is 5. The maximum Gasteiger partial charge on any atom is 0.305 e. The summed E-state index contributed by atoms with van der Waals surface area (Å²) in [5, 5.41) is 13.8. The Morgan fingerprint density at radius 3 is 2.80 bits per heavy atom. The van der Waals surface area contributed by atoms with E-state index in [0.717, 1.165) is 78.9 Å². The molecule has 1 atom stereocenters. The van der Waals surface area contributed by atoms with Gasteiger partial charge in [-0.1, -0.05) is 6.07 Å². The Hall–Kier alpha value is -2.95. The molecule has 1 unspecified atom stereocenters. The molecule has 35 heavy (non-hydrogen) atoms. The van der Waals surface area contributed by atoms with Crippen LogP contribution in [0.2, 0.25) is 0 Å². The lowest BCUT2D eigenvalue weighted by molar-refractivity contribution is -0.138. The molecule has 2 saturated heterocycles. The van der Waals surface area contributed by atoms with Crippen LogP contribution in [0.1, 0.15) is 24.6 Å². The van der Waals surface area contributed by atoms with Gasteiger partial charge in [-0.15, -0.1) is 11.3 Å². The van der Waals surface area contributed by atoms with Crippen LogP contribution < -0.4 is 14.5 Å². The highest BCUT2D eigenvalue weighted by Crippen LogP contribution is 2.37. The van der Waals surface area contributed by atoms with E-state index in [-0.39, 0.29) is 12.5 Å². The summed E-state index contributed by atoms with van der Waals surface area (Å²) in [4.78, 5) is 28.2. The minimum atomic E-state index is -0.808. The molecular formula is C25H31N5O4S. The third kappa shape index (κ3) is 5.19. The van der Waals surface area contributed by atoms with Crippen LogP contribution in [0.15, 0.2) is 35.8 Å². The lowest BCUT2D eigenvalue weighted by Gasteiger charge is -2.30. The topological polar surface area (TPSA) is 91.3 Å². The number of carbonyl (C=O) groups is 1. The smallest absolute Gasteiger partial charge is 0.305 e. The first kappa shape index (κ1) is 23.8.